The van der Waals surface area contributed by atoms with Crippen LogP contribution in [0.3, 0.4) is 0 Å². The van der Waals surface area contributed by atoms with E-state index in [4.69, 9.17) is 10.5 Å². The van der Waals surface area contributed by atoms with Crippen molar-refractivity contribution in [3.8, 4) is 0 Å². The molecule has 3 rings (SSSR count). The van der Waals surface area contributed by atoms with Crippen molar-refractivity contribution in [2.24, 2.45) is 5.73 Å². The van der Waals surface area contributed by atoms with Gasteiger partial charge in [0.1, 0.15) is 11.7 Å². The highest BCUT2D eigenvalue weighted by atomic mass is 16.5. The number of rotatable bonds is 4. The van der Waals surface area contributed by atoms with E-state index in [0.29, 0.717) is 5.69 Å². The Labute approximate surface area is 128 Å². The summed E-state index contributed by atoms with van der Waals surface area (Å²) in [5.74, 6) is -0.463. The van der Waals surface area contributed by atoms with Crippen LogP contribution in [-0.4, -0.2) is 53.5 Å². The molecule has 22 heavy (non-hydrogen) atoms. The third kappa shape index (κ3) is 3.04. The van der Waals surface area contributed by atoms with Gasteiger partial charge in [-0.2, -0.15) is 0 Å². The molecule has 2 fully saturated rings. The van der Waals surface area contributed by atoms with E-state index in [1.54, 1.807) is 12.1 Å². The molecule has 0 aromatic carbocycles. The molecule has 0 spiro atoms. The van der Waals surface area contributed by atoms with Gasteiger partial charge in [0.05, 0.1) is 0 Å². The Morgan fingerprint density at radius 3 is 2.86 bits per heavy atom. The van der Waals surface area contributed by atoms with Crippen molar-refractivity contribution in [1.82, 2.24) is 9.88 Å². The standard InChI is InChI=1S/C15H20N4O3/c16-14(20)13-9-10(1-5-17-13)18-12-2-6-19(15(12)21)11-3-7-22-8-4-11/h1,5,9,11-12H,2-4,6-8H2,(H2,16,20)(H,17,18). The number of carbonyl (C=O) groups is 2. The molecule has 2 aliphatic heterocycles. The molecular formula is C15H20N4O3. The third-order valence-corrected chi connectivity index (χ3v) is 4.22. The van der Waals surface area contributed by atoms with E-state index in [1.165, 1.54) is 6.20 Å². The van der Waals surface area contributed by atoms with E-state index < -0.39 is 5.91 Å². The lowest BCUT2D eigenvalue weighted by molar-refractivity contribution is -0.131. The highest BCUT2D eigenvalue weighted by Gasteiger charge is 2.36. The van der Waals surface area contributed by atoms with Crippen LogP contribution in [0.4, 0.5) is 5.69 Å². The summed E-state index contributed by atoms with van der Waals surface area (Å²) in [5, 5.41) is 3.18. The van der Waals surface area contributed by atoms with Gasteiger partial charge < -0.3 is 20.7 Å². The third-order valence-electron chi connectivity index (χ3n) is 4.22. The number of nitrogens with one attached hydrogen (secondary N) is 1. The number of anilines is 1. The van der Waals surface area contributed by atoms with Crippen molar-refractivity contribution in [2.45, 2.75) is 31.3 Å². The van der Waals surface area contributed by atoms with Crippen molar-refractivity contribution < 1.29 is 14.3 Å². The second kappa shape index (κ2) is 6.31. The molecule has 2 aliphatic rings. The van der Waals surface area contributed by atoms with E-state index in [9.17, 15) is 9.59 Å². The van der Waals surface area contributed by atoms with Crippen LogP contribution in [0.15, 0.2) is 18.3 Å². The summed E-state index contributed by atoms with van der Waals surface area (Å²) in [4.78, 5) is 29.6. The summed E-state index contributed by atoms with van der Waals surface area (Å²) >= 11 is 0. The zero-order valence-electron chi connectivity index (χ0n) is 12.3. The smallest absolute Gasteiger partial charge is 0.267 e. The quantitative estimate of drug-likeness (QED) is 0.837. The minimum absolute atomic E-state index is 0.115. The van der Waals surface area contributed by atoms with Crippen LogP contribution in [-0.2, 0) is 9.53 Å². The molecule has 3 heterocycles. The second-order valence-corrected chi connectivity index (χ2v) is 5.65. The van der Waals surface area contributed by atoms with Crippen molar-refractivity contribution in [1.29, 1.82) is 0 Å². The first-order valence-corrected chi connectivity index (χ1v) is 7.56. The summed E-state index contributed by atoms with van der Waals surface area (Å²) in [5.41, 5.74) is 6.10. The van der Waals surface area contributed by atoms with E-state index in [2.05, 4.69) is 10.3 Å². The number of pyridine rings is 1. The van der Waals surface area contributed by atoms with Gasteiger partial charge in [0.2, 0.25) is 5.91 Å². The van der Waals surface area contributed by atoms with E-state index in [1.807, 2.05) is 4.90 Å². The van der Waals surface area contributed by atoms with Gasteiger partial charge in [-0.15, -0.1) is 0 Å². The molecule has 3 N–H and O–H groups in total. The van der Waals surface area contributed by atoms with Crippen molar-refractivity contribution in [2.75, 3.05) is 25.1 Å². The van der Waals surface area contributed by atoms with Gasteiger partial charge in [-0.3, -0.25) is 14.6 Å². The average molecular weight is 304 g/mol. The lowest BCUT2D eigenvalue weighted by Crippen LogP contribution is -2.43. The van der Waals surface area contributed by atoms with E-state index in [-0.39, 0.29) is 23.7 Å². The molecule has 0 radical (unpaired) electrons. The minimum atomic E-state index is -0.578. The highest BCUT2D eigenvalue weighted by Crippen LogP contribution is 2.23. The summed E-state index contributed by atoms with van der Waals surface area (Å²) in [6.45, 7) is 2.20. The first-order chi connectivity index (χ1) is 10.6. The molecule has 0 bridgehead atoms. The number of primary amides is 1. The lowest BCUT2D eigenvalue weighted by Gasteiger charge is -2.31. The number of nitrogens with zero attached hydrogens (tertiary/aromatic N) is 2. The highest BCUT2D eigenvalue weighted by molar-refractivity contribution is 5.92. The number of aromatic nitrogens is 1. The average Bonchev–Trinajstić information content (AvgIpc) is 2.89. The molecule has 1 atom stereocenters. The fourth-order valence-electron chi connectivity index (χ4n) is 3.05. The number of amides is 2. The molecule has 1 unspecified atom stereocenters. The predicted molar refractivity (Wildman–Crippen MR) is 80.3 cm³/mol. The first kappa shape index (κ1) is 14.8. The normalized spacial score (nSPS) is 22.8. The molecule has 0 saturated carbocycles. The van der Waals surface area contributed by atoms with Gasteiger partial charge in [-0.1, -0.05) is 0 Å². The topological polar surface area (TPSA) is 97.5 Å². The molecule has 118 valence electrons. The van der Waals surface area contributed by atoms with Crippen LogP contribution in [0.1, 0.15) is 29.8 Å². The van der Waals surface area contributed by atoms with Crippen molar-refractivity contribution in [3.63, 3.8) is 0 Å². The molecule has 7 nitrogen and oxygen atoms in total. The maximum atomic E-state index is 12.5. The van der Waals surface area contributed by atoms with Gasteiger partial charge in [-0.05, 0) is 31.4 Å². The number of nitrogens with two attached hydrogens (primary N) is 1. The van der Waals surface area contributed by atoms with Crippen molar-refractivity contribution in [3.05, 3.63) is 24.0 Å². The number of likely N-dealkylation sites (tertiary alicyclic amines) is 1. The van der Waals surface area contributed by atoms with Crippen LogP contribution < -0.4 is 11.1 Å². The predicted octanol–water partition coefficient (Wildman–Crippen LogP) is 0.372. The van der Waals surface area contributed by atoms with E-state index >= 15 is 0 Å². The zero-order valence-corrected chi connectivity index (χ0v) is 12.3. The zero-order chi connectivity index (χ0) is 15.5. The van der Waals surface area contributed by atoms with Crippen LogP contribution in [0.5, 0.6) is 0 Å². The van der Waals surface area contributed by atoms with Gasteiger partial charge in [0.15, 0.2) is 0 Å². The molecule has 1 aromatic heterocycles. The Morgan fingerprint density at radius 2 is 2.14 bits per heavy atom. The van der Waals surface area contributed by atoms with Crippen LogP contribution in [0, 0.1) is 0 Å². The Kier molecular flexibility index (Phi) is 4.24. The van der Waals surface area contributed by atoms with Gasteiger partial charge in [-0.25, -0.2) is 0 Å². The molecule has 0 aliphatic carbocycles. The number of carbonyl (C=O) groups excluding carboxylic acids is 2. The van der Waals surface area contributed by atoms with Crippen LogP contribution >= 0.6 is 0 Å². The lowest BCUT2D eigenvalue weighted by atomic mass is 10.1. The summed E-state index contributed by atoms with van der Waals surface area (Å²) in [6, 6.07) is 3.33. The Bertz CT molecular complexity index is 572. The SMILES string of the molecule is NC(=O)c1cc(NC2CCN(C3CCOCC3)C2=O)ccn1. The number of ether oxygens (including phenoxy) is 1. The fraction of sp³-hybridized carbons (Fsp3) is 0.533. The summed E-state index contributed by atoms with van der Waals surface area (Å²) < 4.78 is 5.35. The monoisotopic (exact) mass is 304 g/mol. The first-order valence-electron chi connectivity index (χ1n) is 7.56. The molecular weight excluding hydrogens is 284 g/mol. The maximum absolute atomic E-state index is 12.5. The van der Waals surface area contributed by atoms with Gasteiger partial charge >= 0.3 is 0 Å². The second-order valence-electron chi connectivity index (χ2n) is 5.65. The number of hydrogen-bond donors (Lipinski definition) is 2. The van der Waals surface area contributed by atoms with Gasteiger partial charge in [0, 0.05) is 37.7 Å². The molecule has 7 heteroatoms. The maximum Gasteiger partial charge on any atom is 0.267 e. The molecule has 2 saturated heterocycles. The van der Waals surface area contributed by atoms with Crippen LogP contribution in [0.25, 0.3) is 0 Å². The minimum Gasteiger partial charge on any atom is -0.381 e. The van der Waals surface area contributed by atoms with Gasteiger partial charge in [0.25, 0.3) is 5.91 Å². The summed E-state index contributed by atoms with van der Waals surface area (Å²) in [6.07, 6.45) is 4.07. The molecule has 1 aromatic rings. The summed E-state index contributed by atoms with van der Waals surface area (Å²) in [7, 11) is 0. The van der Waals surface area contributed by atoms with Crippen LogP contribution in [0.2, 0.25) is 0 Å². The Hall–Kier alpha value is -2.15. The molecule has 2 amide bonds. The number of hydrogen-bond acceptors (Lipinski definition) is 5. The Morgan fingerprint density at radius 1 is 1.36 bits per heavy atom. The largest absolute Gasteiger partial charge is 0.381 e. The van der Waals surface area contributed by atoms with E-state index in [0.717, 1.165) is 39.0 Å². The fourth-order valence-corrected chi connectivity index (χ4v) is 3.05. The Balaban J connectivity index is 1.65. The van der Waals surface area contributed by atoms with Crippen molar-refractivity contribution >= 4 is 17.5 Å².